The van der Waals surface area contributed by atoms with Crippen molar-refractivity contribution in [2.24, 2.45) is 0 Å². The lowest BCUT2D eigenvalue weighted by atomic mass is 10.2. The number of rotatable bonds is 7. The number of carbonyl (C=O) groups is 2. The number of alkyl halides is 3. The van der Waals surface area contributed by atoms with Crippen molar-refractivity contribution in [2.75, 3.05) is 14.1 Å². The van der Waals surface area contributed by atoms with E-state index < -0.39 is 11.7 Å². The molecule has 0 saturated carbocycles. The van der Waals surface area contributed by atoms with Crippen molar-refractivity contribution in [3.8, 4) is 11.6 Å². The largest absolute Gasteiger partial charge is 0.439 e. The normalized spacial score (nSPS) is 11.0. The van der Waals surface area contributed by atoms with Crippen LogP contribution in [0.1, 0.15) is 24.0 Å². The molecule has 1 N–H and O–H groups in total. The van der Waals surface area contributed by atoms with Gasteiger partial charge in [0.1, 0.15) is 5.75 Å². The average molecular weight is 395 g/mol. The molecule has 2 aromatic rings. The summed E-state index contributed by atoms with van der Waals surface area (Å²) >= 11 is 0. The molecule has 150 valence electrons. The Labute approximate surface area is 160 Å². The van der Waals surface area contributed by atoms with Gasteiger partial charge in [0.2, 0.25) is 17.7 Å². The highest BCUT2D eigenvalue weighted by Crippen LogP contribution is 2.32. The van der Waals surface area contributed by atoms with Crippen LogP contribution in [0.25, 0.3) is 0 Å². The zero-order valence-corrected chi connectivity index (χ0v) is 15.4. The molecular formula is C19H20F3N3O3. The van der Waals surface area contributed by atoms with Crippen LogP contribution in [0.15, 0.2) is 42.6 Å². The number of hydrogen-bond donors (Lipinski definition) is 1. The first-order valence-corrected chi connectivity index (χ1v) is 8.42. The summed E-state index contributed by atoms with van der Waals surface area (Å²) in [5, 5.41) is 2.65. The summed E-state index contributed by atoms with van der Waals surface area (Å²) in [6, 6.07) is 7.71. The highest BCUT2D eigenvalue weighted by Gasteiger charge is 2.30. The third-order valence-electron chi connectivity index (χ3n) is 3.77. The van der Waals surface area contributed by atoms with Crippen LogP contribution in [-0.2, 0) is 22.3 Å². The Balaban J connectivity index is 2.01. The van der Waals surface area contributed by atoms with E-state index in [-0.39, 0.29) is 42.8 Å². The zero-order valence-electron chi connectivity index (χ0n) is 15.4. The van der Waals surface area contributed by atoms with Gasteiger partial charge in [0.25, 0.3) is 0 Å². The molecule has 9 heteroatoms. The Morgan fingerprint density at radius 3 is 2.57 bits per heavy atom. The molecule has 0 unspecified atom stereocenters. The molecule has 0 aliphatic rings. The van der Waals surface area contributed by atoms with E-state index in [1.807, 2.05) is 0 Å². The van der Waals surface area contributed by atoms with Crippen molar-refractivity contribution >= 4 is 11.8 Å². The number of hydrogen-bond acceptors (Lipinski definition) is 4. The zero-order chi connectivity index (χ0) is 20.7. The van der Waals surface area contributed by atoms with Crippen molar-refractivity contribution < 1.29 is 27.5 Å². The summed E-state index contributed by atoms with van der Waals surface area (Å²) in [6.07, 6.45) is -2.94. The molecule has 2 amide bonds. The van der Waals surface area contributed by atoms with E-state index in [9.17, 15) is 22.8 Å². The monoisotopic (exact) mass is 395 g/mol. The van der Waals surface area contributed by atoms with Crippen molar-refractivity contribution in [3.63, 3.8) is 0 Å². The molecule has 1 heterocycles. The number of halogens is 3. The van der Waals surface area contributed by atoms with Gasteiger partial charge < -0.3 is 15.0 Å². The third kappa shape index (κ3) is 6.26. The molecule has 0 aliphatic heterocycles. The number of nitrogens with one attached hydrogen (secondary N) is 1. The predicted octanol–water partition coefficient (Wildman–Crippen LogP) is 3.38. The minimum Gasteiger partial charge on any atom is -0.439 e. The van der Waals surface area contributed by atoms with Crippen molar-refractivity contribution in [1.29, 1.82) is 0 Å². The molecular weight excluding hydrogens is 375 g/mol. The number of nitrogens with zero attached hydrogens (tertiary/aromatic N) is 2. The number of carbonyl (C=O) groups excluding carboxylic acids is 2. The smallest absolute Gasteiger partial charge is 0.416 e. The van der Waals surface area contributed by atoms with Gasteiger partial charge in [0.15, 0.2) is 0 Å². The molecule has 0 spiro atoms. The molecule has 2 rings (SSSR count). The van der Waals surface area contributed by atoms with E-state index in [1.54, 1.807) is 26.2 Å². The highest BCUT2D eigenvalue weighted by molar-refractivity contribution is 5.83. The van der Waals surface area contributed by atoms with Crippen LogP contribution in [0, 0.1) is 0 Å². The number of benzene rings is 1. The van der Waals surface area contributed by atoms with E-state index in [0.717, 1.165) is 12.1 Å². The summed E-state index contributed by atoms with van der Waals surface area (Å²) in [5.74, 6) is -0.418. The molecule has 0 radical (unpaired) electrons. The van der Waals surface area contributed by atoms with Gasteiger partial charge >= 0.3 is 6.18 Å². The van der Waals surface area contributed by atoms with Gasteiger partial charge in [0.05, 0.1) is 5.56 Å². The maximum absolute atomic E-state index is 12.8. The number of aromatic nitrogens is 1. The lowest BCUT2D eigenvalue weighted by molar-refractivity contribution is -0.137. The van der Waals surface area contributed by atoms with Crippen LogP contribution < -0.4 is 10.1 Å². The summed E-state index contributed by atoms with van der Waals surface area (Å²) < 4.78 is 44.0. The van der Waals surface area contributed by atoms with Gasteiger partial charge in [-0.15, -0.1) is 0 Å². The third-order valence-corrected chi connectivity index (χ3v) is 3.77. The first-order valence-electron chi connectivity index (χ1n) is 8.42. The van der Waals surface area contributed by atoms with Crippen molar-refractivity contribution in [2.45, 2.75) is 25.6 Å². The van der Waals surface area contributed by atoms with Crippen LogP contribution in [0.5, 0.6) is 11.6 Å². The maximum atomic E-state index is 12.8. The first-order chi connectivity index (χ1) is 13.2. The molecule has 0 saturated heterocycles. The fourth-order valence-electron chi connectivity index (χ4n) is 2.22. The van der Waals surface area contributed by atoms with Gasteiger partial charge in [-0.05, 0) is 24.3 Å². The van der Waals surface area contributed by atoms with Crippen LogP contribution in [0.3, 0.4) is 0 Å². The highest BCUT2D eigenvalue weighted by atomic mass is 19.4. The molecule has 0 bridgehead atoms. The molecule has 1 aromatic carbocycles. The molecule has 0 aliphatic carbocycles. The van der Waals surface area contributed by atoms with E-state index in [1.165, 1.54) is 23.2 Å². The molecule has 0 fully saturated rings. The Kier molecular flexibility index (Phi) is 6.97. The SMILES string of the molecule is CN(C)C(=O)CCC(=O)NCc1cccnc1Oc1cccc(C(F)(F)F)c1. The van der Waals surface area contributed by atoms with E-state index in [4.69, 9.17) is 4.74 Å². The number of amides is 2. The minimum absolute atomic E-state index is 0.0160. The second kappa shape index (κ2) is 9.20. The van der Waals surface area contributed by atoms with Crippen molar-refractivity contribution in [1.82, 2.24) is 15.2 Å². The standard InChI is InChI=1S/C19H20F3N3O3/c1-25(2)17(27)9-8-16(26)24-12-13-5-4-10-23-18(13)28-15-7-3-6-14(11-15)19(20,21)22/h3-7,10-11H,8-9,12H2,1-2H3,(H,24,26). The molecule has 28 heavy (non-hydrogen) atoms. The van der Waals surface area contributed by atoms with Crippen LogP contribution in [-0.4, -0.2) is 35.8 Å². The Bertz CT molecular complexity index is 838. The fraction of sp³-hybridized carbons (Fsp3) is 0.316. The molecule has 0 atom stereocenters. The summed E-state index contributed by atoms with van der Waals surface area (Å²) in [4.78, 5) is 28.8. The van der Waals surface area contributed by atoms with Gasteiger partial charge in [-0.3, -0.25) is 9.59 Å². The number of ether oxygens (including phenoxy) is 1. The van der Waals surface area contributed by atoms with Gasteiger partial charge in [-0.1, -0.05) is 12.1 Å². The van der Waals surface area contributed by atoms with Gasteiger partial charge in [-0.2, -0.15) is 13.2 Å². The maximum Gasteiger partial charge on any atom is 0.416 e. The second-order valence-corrected chi connectivity index (χ2v) is 6.16. The van der Waals surface area contributed by atoms with Gasteiger partial charge in [-0.25, -0.2) is 4.98 Å². The Morgan fingerprint density at radius 2 is 1.89 bits per heavy atom. The number of pyridine rings is 1. The first kappa shape index (κ1) is 21.2. The quantitative estimate of drug-likeness (QED) is 0.780. The summed E-state index contributed by atoms with van der Waals surface area (Å²) in [7, 11) is 3.21. The van der Waals surface area contributed by atoms with Crippen LogP contribution in [0.2, 0.25) is 0 Å². The Morgan fingerprint density at radius 1 is 1.14 bits per heavy atom. The topological polar surface area (TPSA) is 71.5 Å². The van der Waals surface area contributed by atoms with Crippen LogP contribution in [0.4, 0.5) is 13.2 Å². The fourth-order valence-corrected chi connectivity index (χ4v) is 2.22. The Hall–Kier alpha value is -3.10. The lowest BCUT2D eigenvalue weighted by Crippen LogP contribution is -2.27. The summed E-state index contributed by atoms with van der Waals surface area (Å²) in [6.45, 7) is 0.0666. The molecule has 1 aromatic heterocycles. The predicted molar refractivity (Wildman–Crippen MR) is 95.5 cm³/mol. The van der Waals surface area contributed by atoms with Crippen molar-refractivity contribution in [3.05, 3.63) is 53.7 Å². The van der Waals surface area contributed by atoms with Crippen LogP contribution >= 0.6 is 0 Å². The second-order valence-electron chi connectivity index (χ2n) is 6.16. The summed E-state index contributed by atoms with van der Waals surface area (Å²) in [5.41, 5.74) is -0.339. The lowest BCUT2D eigenvalue weighted by Gasteiger charge is -2.13. The average Bonchev–Trinajstić information content (AvgIpc) is 2.64. The molecule has 6 nitrogen and oxygen atoms in total. The minimum atomic E-state index is -4.48. The van der Waals surface area contributed by atoms with E-state index >= 15 is 0 Å². The van der Waals surface area contributed by atoms with E-state index in [2.05, 4.69) is 10.3 Å². The van der Waals surface area contributed by atoms with E-state index in [0.29, 0.717) is 5.56 Å². The van der Waals surface area contributed by atoms with Gasteiger partial charge in [0, 0.05) is 45.2 Å².